The van der Waals surface area contributed by atoms with Crippen molar-refractivity contribution >= 4 is 17.5 Å². The summed E-state index contributed by atoms with van der Waals surface area (Å²) in [4.78, 5) is 31.6. The van der Waals surface area contributed by atoms with Gasteiger partial charge in [0.25, 0.3) is 5.91 Å². The van der Waals surface area contributed by atoms with E-state index in [0.29, 0.717) is 18.7 Å². The van der Waals surface area contributed by atoms with E-state index in [-0.39, 0.29) is 17.9 Å². The Kier molecular flexibility index (Phi) is 6.37. The van der Waals surface area contributed by atoms with Crippen LogP contribution in [-0.2, 0) is 9.53 Å². The molecule has 148 valence electrons. The molecular formula is C21H31N3O3. The van der Waals surface area contributed by atoms with E-state index >= 15 is 0 Å². The molecule has 2 aliphatic heterocycles. The summed E-state index contributed by atoms with van der Waals surface area (Å²) in [5.74, 6) is 0.0267. The topological polar surface area (TPSA) is 53.1 Å². The van der Waals surface area contributed by atoms with E-state index in [1.807, 2.05) is 32.2 Å². The fraction of sp³-hybridized carbons (Fsp3) is 0.619. The third kappa shape index (κ3) is 4.26. The van der Waals surface area contributed by atoms with Gasteiger partial charge in [0.15, 0.2) is 0 Å². The number of anilines is 1. The van der Waals surface area contributed by atoms with Crippen molar-refractivity contribution in [3.8, 4) is 0 Å². The predicted molar refractivity (Wildman–Crippen MR) is 106 cm³/mol. The Morgan fingerprint density at radius 3 is 2.59 bits per heavy atom. The molecule has 0 N–H and O–H groups in total. The average Bonchev–Trinajstić information content (AvgIpc) is 2.69. The number of unbranched alkanes of at least 4 members (excludes halogenated alkanes) is 1. The molecule has 3 rings (SSSR count). The van der Waals surface area contributed by atoms with Crippen LogP contribution in [0.5, 0.6) is 0 Å². The van der Waals surface area contributed by atoms with Gasteiger partial charge in [-0.2, -0.15) is 0 Å². The van der Waals surface area contributed by atoms with Gasteiger partial charge in [0.05, 0.1) is 13.2 Å². The molecule has 2 amide bonds. The molecule has 6 heteroatoms. The maximum atomic E-state index is 13.2. The van der Waals surface area contributed by atoms with Crippen LogP contribution in [0.4, 0.5) is 5.69 Å². The highest BCUT2D eigenvalue weighted by atomic mass is 16.5. The highest BCUT2D eigenvalue weighted by Crippen LogP contribution is 2.25. The van der Waals surface area contributed by atoms with Gasteiger partial charge >= 0.3 is 0 Å². The first-order valence-corrected chi connectivity index (χ1v) is 10.0. The molecule has 0 aromatic heterocycles. The number of likely N-dealkylation sites (N-methyl/N-ethyl adjacent to an activating group) is 1. The van der Waals surface area contributed by atoms with Gasteiger partial charge in [-0.1, -0.05) is 19.8 Å². The van der Waals surface area contributed by atoms with Gasteiger partial charge in [-0.25, -0.2) is 0 Å². The Hall–Kier alpha value is -2.08. The van der Waals surface area contributed by atoms with Crippen LogP contribution in [0.25, 0.3) is 0 Å². The number of carbonyl (C=O) groups is 2. The fourth-order valence-corrected chi connectivity index (χ4v) is 3.94. The van der Waals surface area contributed by atoms with Gasteiger partial charge < -0.3 is 19.4 Å². The number of hydrogen-bond acceptors (Lipinski definition) is 4. The molecular weight excluding hydrogens is 342 g/mol. The van der Waals surface area contributed by atoms with Crippen molar-refractivity contribution in [2.45, 2.75) is 39.2 Å². The van der Waals surface area contributed by atoms with Crippen molar-refractivity contribution in [2.75, 3.05) is 51.3 Å². The van der Waals surface area contributed by atoms with Gasteiger partial charge in [-0.05, 0) is 37.1 Å². The molecule has 2 heterocycles. The number of nitrogens with zero attached hydrogens (tertiary/aromatic N) is 3. The highest BCUT2D eigenvalue weighted by molar-refractivity contribution is 5.98. The van der Waals surface area contributed by atoms with Gasteiger partial charge in [0, 0.05) is 44.5 Å². The molecule has 0 saturated carbocycles. The van der Waals surface area contributed by atoms with Crippen LogP contribution in [0, 0.1) is 6.92 Å². The first-order valence-electron chi connectivity index (χ1n) is 10.0. The molecule has 27 heavy (non-hydrogen) atoms. The Morgan fingerprint density at radius 1 is 1.19 bits per heavy atom. The van der Waals surface area contributed by atoms with E-state index in [1.54, 1.807) is 9.80 Å². The number of hydrogen-bond donors (Lipinski definition) is 0. The lowest BCUT2D eigenvalue weighted by Crippen LogP contribution is -2.57. The summed E-state index contributed by atoms with van der Waals surface area (Å²) in [5.41, 5.74) is 2.92. The van der Waals surface area contributed by atoms with E-state index in [4.69, 9.17) is 4.74 Å². The summed E-state index contributed by atoms with van der Waals surface area (Å²) in [5, 5.41) is 0. The zero-order chi connectivity index (χ0) is 19.4. The minimum atomic E-state index is -0.338. The third-order valence-electron chi connectivity index (χ3n) is 5.60. The van der Waals surface area contributed by atoms with Crippen molar-refractivity contribution < 1.29 is 14.3 Å². The van der Waals surface area contributed by atoms with Crippen LogP contribution < -0.4 is 4.90 Å². The summed E-state index contributed by atoms with van der Waals surface area (Å²) in [6, 6.07) is 5.56. The monoisotopic (exact) mass is 373 g/mol. The summed E-state index contributed by atoms with van der Waals surface area (Å²) in [6.45, 7) is 8.57. The molecule has 2 aliphatic rings. The van der Waals surface area contributed by atoms with E-state index in [9.17, 15) is 9.59 Å². The largest absolute Gasteiger partial charge is 0.378 e. The van der Waals surface area contributed by atoms with Crippen LogP contribution >= 0.6 is 0 Å². The normalized spacial score (nSPS) is 20.9. The quantitative estimate of drug-likeness (QED) is 0.795. The van der Waals surface area contributed by atoms with E-state index in [1.165, 1.54) is 0 Å². The fourth-order valence-electron chi connectivity index (χ4n) is 3.94. The van der Waals surface area contributed by atoms with Crippen molar-refractivity contribution in [2.24, 2.45) is 0 Å². The number of carbonyl (C=O) groups excluding carboxylic acids is 2. The number of ether oxygens (including phenoxy) is 1. The van der Waals surface area contributed by atoms with Crippen molar-refractivity contribution in [1.29, 1.82) is 0 Å². The summed E-state index contributed by atoms with van der Waals surface area (Å²) in [7, 11) is 1.82. The van der Waals surface area contributed by atoms with Crippen LogP contribution in [0.15, 0.2) is 18.2 Å². The molecule has 6 nitrogen and oxygen atoms in total. The number of benzene rings is 1. The smallest absolute Gasteiger partial charge is 0.254 e. The van der Waals surface area contributed by atoms with Gasteiger partial charge in [0.2, 0.25) is 5.91 Å². The van der Waals surface area contributed by atoms with Crippen molar-refractivity contribution in [1.82, 2.24) is 9.80 Å². The standard InChI is InChI=1S/C21H31N3O3/c1-4-5-6-19-21(26)22(3)9-10-24(19)20(25)17-7-8-18(16(2)15-17)23-11-13-27-14-12-23/h7-8,15,19H,4-6,9-14H2,1-3H3/t19-/m0/s1. The Bertz CT molecular complexity index is 685. The Morgan fingerprint density at radius 2 is 1.93 bits per heavy atom. The average molecular weight is 373 g/mol. The summed E-state index contributed by atoms with van der Waals surface area (Å²) < 4.78 is 5.43. The number of aryl methyl sites for hydroxylation is 1. The third-order valence-corrected chi connectivity index (χ3v) is 5.60. The minimum Gasteiger partial charge on any atom is -0.378 e. The molecule has 0 unspecified atom stereocenters. The first-order chi connectivity index (χ1) is 13.0. The molecule has 1 atom stereocenters. The van der Waals surface area contributed by atoms with E-state index in [2.05, 4.69) is 11.8 Å². The van der Waals surface area contributed by atoms with Crippen molar-refractivity contribution in [3.63, 3.8) is 0 Å². The van der Waals surface area contributed by atoms with E-state index < -0.39 is 0 Å². The van der Waals surface area contributed by atoms with Gasteiger partial charge in [-0.15, -0.1) is 0 Å². The van der Waals surface area contributed by atoms with Crippen LogP contribution in [0.1, 0.15) is 42.1 Å². The highest BCUT2D eigenvalue weighted by Gasteiger charge is 2.35. The predicted octanol–water partition coefficient (Wildman–Crippen LogP) is 2.30. The number of morpholine rings is 1. The number of rotatable bonds is 5. The SMILES string of the molecule is CCCC[C@H]1C(=O)N(C)CCN1C(=O)c1ccc(N2CCOCC2)c(C)c1. The first kappa shape index (κ1) is 19.7. The maximum Gasteiger partial charge on any atom is 0.254 e. The Labute approximate surface area is 162 Å². The lowest BCUT2D eigenvalue weighted by molar-refractivity contribution is -0.138. The second-order valence-electron chi connectivity index (χ2n) is 7.52. The Balaban J connectivity index is 1.79. The molecule has 2 fully saturated rings. The zero-order valence-electron chi connectivity index (χ0n) is 16.7. The molecule has 2 saturated heterocycles. The number of piperazine rings is 1. The maximum absolute atomic E-state index is 13.2. The molecule has 0 radical (unpaired) electrons. The second-order valence-corrected chi connectivity index (χ2v) is 7.52. The zero-order valence-corrected chi connectivity index (χ0v) is 16.7. The summed E-state index contributed by atoms with van der Waals surface area (Å²) >= 11 is 0. The van der Waals surface area contributed by atoms with Crippen LogP contribution in [0.3, 0.4) is 0 Å². The minimum absolute atomic E-state index is 0.0332. The van der Waals surface area contributed by atoms with Crippen LogP contribution in [0.2, 0.25) is 0 Å². The van der Waals surface area contributed by atoms with Crippen molar-refractivity contribution in [3.05, 3.63) is 29.3 Å². The molecule has 1 aromatic carbocycles. The van der Waals surface area contributed by atoms with Gasteiger partial charge in [-0.3, -0.25) is 9.59 Å². The van der Waals surface area contributed by atoms with Crippen LogP contribution in [-0.4, -0.2) is 74.1 Å². The molecule has 0 aliphatic carbocycles. The second kappa shape index (κ2) is 8.74. The molecule has 0 spiro atoms. The number of amides is 2. The van der Waals surface area contributed by atoms with E-state index in [0.717, 1.165) is 56.8 Å². The molecule has 0 bridgehead atoms. The lowest BCUT2D eigenvalue weighted by atomic mass is 10.0. The molecule has 1 aromatic rings. The lowest BCUT2D eigenvalue weighted by Gasteiger charge is -2.39. The summed E-state index contributed by atoms with van der Waals surface area (Å²) in [6.07, 6.45) is 2.70. The van der Waals surface area contributed by atoms with Gasteiger partial charge in [0.1, 0.15) is 6.04 Å².